The third-order valence-electron chi connectivity index (χ3n) is 13.2. The van der Waals surface area contributed by atoms with Crippen molar-refractivity contribution in [3.63, 3.8) is 0 Å². The van der Waals surface area contributed by atoms with E-state index in [-0.39, 0.29) is 0 Å². The van der Waals surface area contributed by atoms with Gasteiger partial charge in [-0.1, -0.05) is 133 Å². The van der Waals surface area contributed by atoms with Crippen LogP contribution in [0.5, 0.6) is 0 Å². The summed E-state index contributed by atoms with van der Waals surface area (Å²) in [7, 11) is 0. The molecule has 0 bridgehead atoms. The molecule has 304 valence electrons. The zero-order valence-electron chi connectivity index (χ0n) is 34.9. The number of anilines is 3. The van der Waals surface area contributed by atoms with Crippen LogP contribution in [0.4, 0.5) is 17.1 Å². The molecule has 65 heavy (non-hydrogen) atoms. The summed E-state index contributed by atoms with van der Waals surface area (Å²) in [4.78, 5) is 2.39. The molecule has 0 radical (unpaired) electrons. The van der Waals surface area contributed by atoms with Gasteiger partial charge in [0.2, 0.25) is 0 Å². The van der Waals surface area contributed by atoms with Crippen LogP contribution in [0.2, 0.25) is 0 Å². The fourth-order valence-corrected chi connectivity index (χ4v) is 13.7. The summed E-state index contributed by atoms with van der Waals surface area (Å²) in [6, 6.07) is 80.5. The highest BCUT2D eigenvalue weighted by molar-refractivity contribution is 7.28. The molecule has 2 nitrogen and oxygen atoms in total. The van der Waals surface area contributed by atoms with E-state index >= 15 is 0 Å². The lowest BCUT2D eigenvalue weighted by atomic mass is 10.0. The molecule has 0 spiro atoms. The van der Waals surface area contributed by atoms with Crippen LogP contribution in [0.15, 0.2) is 218 Å². The molecular formula is C60H36N2S3. The van der Waals surface area contributed by atoms with Crippen molar-refractivity contribution in [1.29, 1.82) is 0 Å². The number of benzene rings is 10. The molecule has 0 N–H and O–H groups in total. The van der Waals surface area contributed by atoms with E-state index in [2.05, 4.69) is 228 Å². The standard InChI is InChI=1S/C60H36N2S3/c1-2-10-37(11-3-1)38-18-24-41(25-19-38)61(44-30-35-56-50(36-44)47-14-6-7-15-53(47)63-56)42-26-20-39(21-27-42)40-22-28-43(29-23-40)62-51-33-31-48-45-12-4-8-16-54(45)64-59(48)57(51)58-52(62)34-32-49-46-13-5-9-17-55(46)65-60(49)58/h1-36H. The predicted octanol–water partition coefficient (Wildman–Crippen LogP) is 18.7. The second-order valence-electron chi connectivity index (χ2n) is 16.8. The fraction of sp³-hybridized carbons (Fsp3) is 0. The number of hydrogen-bond acceptors (Lipinski definition) is 4. The molecule has 0 aliphatic carbocycles. The first-order valence-electron chi connectivity index (χ1n) is 22.0. The van der Waals surface area contributed by atoms with E-state index in [4.69, 9.17) is 0 Å². The average Bonchev–Trinajstić information content (AvgIpc) is 4.14. The summed E-state index contributed by atoms with van der Waals surface area (Å²) in [6.07, 6.45) is 0. The van der Waals surface area contributed by atoms with Crippen LogP contribution in [0, 0.1) is 0 Å². The molecule has 0 atom stereocenters. The quantitative estimate of drug-likeness (QED) is 0.162. The van der Waals surface area contributed by atoms with Gasteiger partial charge in [0.15, 0.2) is 0 Å². The molecule has 4 aromatic heterocycles. The molecule has 0 fully saturated rings. The van der Waals surface area contributed by atoms with Gasteiger partial charge in [-0.25, -0.2) is 0 Å². The molecule has 4 heterocycles. The normalized spacial score (nSPS) is 12.0. The molecule has 14 rings (SSSR count). The lowest BCUT2D eigenvalue weighted by Crippen LogP contribution is -2.09. The third kappa shape index (κ3) is 5.76. The number of fused-ring (bicyclic) bond motifs is 14. The number of rotatable bonds is 6. The van der Waals surface area contributed by atoms with Gasteiger partial charge in [-0.3, -0.25) is 0 Å². The van der Waals surface area contributed by atoms with Crippen LogP contribution in [-0.2, 0) is 0 Å². The zero-order valence-corrected chi connectivity index (χ0v) is 37.4. The van der Waals surface area contributed by atoms with E-state index in [9.17, 15) is 0 Å². The summed E-state index contributed by atoms with van der Waals surface area (Å²) < 4.78 is 10.5. The van der Waals surface area contributed by atoms with E-state index in [0.717, 1.165) is 22.7 Å². The summed E-state index contributed by atoms with van der Waals surface area (Å²) in [5.74, 6) is 0. The van der Waals surface area contributed by atoms with Gasteiger partial charge in [0.1, 0.15) is 0 Å². The first-order valence-corrected chi connectivity index (χ1v) is 24.4. The van der Waals surface area contributed by atoms with Gasteiger partial charge in [0.05, 0.1) is 11.0 Å². The highest BCUT2D eigenvalue weighted by atomic mass is 32.1. The van der Waals surface area contributed by atoms with Crippen molar-refractivity contribution in [2.45, 2.75) is 0 Å². The van der Waals surface area contributed by atoms with Gasteiger partial charge in [-0.05, 0) is 107 Å². The highest BCUT2D eigenvalue weighted by Gasteiger charge is 2.22. The summed E-state index contributed by atoms with van der Waals surface area (Å²) in [5, 5.41) is 10.6. The Balaban J connectivity index is 0.875. The van der Waals surface area contributed by atoms with Crippen molar-refractivity contribution < 1.29 is 0 Å². The number of aromatic nitrogens is 1. The molecular weight excluding hydrogens is 845 g/mol. The molecule has 10 aromatic carbocycles. The Bertz CT molecular complexity index is 4030. The van der Waals surface area contributed by atoms with Crippen molar-refractivity contribution in [1.82, 2.24) is 4.57 Å². The Morgan fingerprint density at radius 2 is 0.708 bits per heavy atom. The lowest BCUT2D eigenvalue weighted by Gasteiger charge is -2.26. The van der Waals surface area contributed by atoms with E-state index in [1.165, 1.54) is 105 Å². The van der Waals surface area contributed by atoms with Crippen LogP contribution in [0.3, 0.4) is 0 Å². The zero-order chi connectivity index (χ0) is 42.6. The van der Waals surface area contributed by atoms with Gasteiger partial charge in [-0.15, -0.1) is 34.0 Å². The summed E-state index contributed by atoms with van der Waals surface area (Å²) >= 11 is 5.69. The van der Waals surface area contributed by atoms with Crippen molar-refractivity contribution in [2.75, 3.05) is 4.90 Å². The van der Waals surface area contributed by atoms with Crippen LogP contribution >= 0.6 is 34.0 Å². The van der Waals surface area contributed by atoms with Crippen LogP contribution in [-0.4, -0.2) is 4.57 Å². The first-order chi connectivity index (χ1) is 32.2. The number of hydrogen-bond donors (Lipinski definition) is 0. The summed E-state index contributed by atoms with van der Waals surface area (Å²) in [5.41, 5.74) is 11.8. The monoisotopic (exact) mass is 880 g/mol. The predicted molar refractivity (Wildman–Crippen MR) is 285 cm³/mol. The smallest absolute Gasteiger partial charge is 0.0556 e. The van der Waals surface area contributed by atoms with Gasteiger partial charge in [0.25, 0.3) is 0 Å². The Morgan fingerprint density at radius 3 is 1.25 bits per heavy atom. The van der Waals surface area contributed by atoms with Crippen LogP contribution in [0.25, 0.3) is 110 Å². The Labute approximate surface area is 386 Å². The minimum Gasteiger partial charge on any atom is -0.310 e. The van der Waals surface area contributed by atoms with E-state index < -0.39 is 0 Å². The molecule has 14 aromatic rings. The number of thiophene rings is 3. The van der Waals surface area contributed by atoms with Gasteiger partial charge >= 0.3 is 0 Å². The fourth-order valence-electron chi connectivity index (χ4n) is 10.2. The second kappa shape index (κ2) is 14.5. The van der Waals surface area contributed by atoms with E-state index in [0.29, 0.717) is 0 Å². The molecule has 0 unspecified atom stereocenters. The molecule has 0 aliphatic heterocycles. The van der Waals surface area contributed by atoms with Crippen molar-refractivity contribution >= 4 is 133 Å². The number of nitrogens with zero attached hydrogens (tertiary/aromatic N) is 2. The maximum atomic E-state index is 2.49. The molecule has 0 saturated carbocycles. The third-order valence-corrected chi connectivity index (χ3v) is 16.8. The maximum absolute atomic E-state index is 2.49. The van der Waals surface area contributed by atoms with Crippen LogP contribution in [0.1, 0.15) is 0 Å². The lowest BCUT2D eigenvalue weighted by molar-refractivity contribution is 1.18. The van der Waals surface area contributed by atoms with E-state index in [1.54, 1.807) is 0 Å². The Morgan fingerprint density at radius 1 is 0.292 bits per heavy atom. The van der Waals surface area contributed by atoms with Crippen LogP contribution < -0.4 is 4.90 Å². The largest absolute Gasteiger partial charge is 0.310 e. The minimum atomic E-state index is 1.11. The SMILES string of the molecule is c1ccc(-c2ccc(N(c3ccc(-c4ccc(-n5c6ccc7c8ccccc8sc7c6c6c7sc8ccccc8c7ccc65)cc4)cc3)c3ccc4sc5ccccc5c4c3)cc2)cc1. The molecule has 0 saturated heterocycles. The molecule has 0 aliphatic rings. The second-order valence-corrected chi connectivity index (χ2v) is 20.0. The molecule has 0 amide bonds. The van der Waals surface area contributed by atoms with Crippen molar-refractivity contribution in [3.8, 4) is 27.9 Å². The van der Waals surface area contributed by atoms with E-state index in [1.807, 2.05) is 34.0 Å². The summed E-state index contributed by atoms with van der Waals surface area (Å²) in [6.45, 7) is 0. The van der Waals surface area contributed by atoms with Gasteiger partial charge in [0, 0.05) is 94.0 Å². The average molecular weight is 881 g/mol. The van der Waals surface area contributed by atoms with Crippen molar-refractivity contribution in [3.05, 3.63) is 218 Å². The topological polar surface area (TPSA) is 8.17 Å². The Hall–Kier alpha value is -7.54. The van der Waals surface area contributed by atoms with Crippen molar-refractivity contribution in [2.24, 2.45) is 0 Å². The van der Waals surface area contributed by atoms with Gasteiger partial charge < -0.3 is 9.47 Å². The first kappa shape index (κ1) is 36.9. The maximum Gasteiger partial charge on any atom is 0.0556 e. The highest BCUT2D eigenvalue weighted by Crippen LogP contribution is 2.48. The van der Waals surface area contributed by atoms with Gasteiger partial charge in [-0.2, -0.15) is 0 Å². The molecule has 5 heteroatoms. The minimum absolute atomic E-state index is 1.11. The Kier molecular flexibility index (Phi) is 8.23.